The van der Waals surface area contributed by atoms with Gasteiger partial charge in [0.25, 0.3) is 0 Å². The van der Waals surface area contributed by atoms with Gasteiger partial charge in [-0.05, 0) is 37.1 Å². The van der Waals surface area contributed by atoms with Gasteiger partial charge in [0, 0.05) is 11.6 Å². The van der Waals surface area contributed by atoms with Crippen LogP contribution < -0.4 is 5.73 Å². The van der Waals surface area contributed by atoms with E-state index in [1.165, 1.54) is 0 Å². The summed E-state index contributed by atoms with van der Waals surface area (Å²) >= 11 is 0. The molecule has 0 spiro atoms. The summed E-state index contributed by atoms with van der Waals surface area (Å²) in [5.41, 5.74) is 9.93. The minimum Gasteiger partial charge on any atom is -0.456 e. The van der Waals surface area contributed by atoms with E-state index in [9.17, 15) is 0 Å². The van der Waals surface area contributed by atoms with Crippen LogP contribution >= 0.6 is 0 Å². The molecule has 3 nitrogen and oxygen atoms in total. The highest BCUT2D eigenvalue weighted by Crippen LogP contribution is 2.33. The van der Waals surface area contributed by atoms with E-state index >= 15 is 0 Å². The molecule has 2 heterocycles. The van der Waals surface area contributed by atoms with E-state index in [1.54, 1.807) is 6.20 Å². The van der Waals surface area contributed by atoms with E-state index < -0.39 is 0 Å². The van der Waals surface area contributed by atoms with Crippen molar-refractivity contribution in [2.75, 3.05) is 5.73 Å². The normalized spacial score (nSPS) is 11.0. The van der Waals surface area contributed by atoms with Gasteiger partial charge in [-0.15, -0.1) is 0 Å². The average molecular weight is 238 g/mol. The lowest BCUT2D eigenvalue weighted by Crippen LogP contribution is -1.95. The number of para-hydroxylation sites is 1. The Bertz CT molecular complexity index is 708. The van der Waals surface area contributed by atoms with Gasteiger partial charge in [0.1, 0.15) is 17.2 Å². The number of nitrogen functional groups attached to an aromatic ring is 1. The van der Waals surface area contributed by atoms with E-state index in [4.69, 9.17) is 10.2 Å². The van der Waals surface area contributed by atoms with Gasteiger partial charge in [0.15, 0.2) is 0 Å². The number of pyridine rings is 1. The van der Waals surface area contributed by atoms with Crippen molar-refractivity contribution in [1.82, 2.24) is 4.98 Å². The molecule has 0 saturated carbocycles. The van der Waals surface area contributed by atoms with Crippen molar-refractivity contribution in [3.05, 3.63) is 47.7 Å². The summed E-state index contributed by atoms with van der Waals surface area (Å²) < 4.78 is 5.93. The molecule has 90 valence electrons. The fourth-order valence-electron chi connectivity index (χ4n) is 2.23. The van der Waals surface area contributed by atoms with Crippen molar-refractivity contribution in [3.8, 4) is 11.3 Å². The summed E-state index contributed by atoms with van der Waals surface area (Å²) in [7, 11) is 0. The number of hydrogen-bond acceptors (Lipinski definition) is 3. The monoisotopic (exact) mass is 238 g/mol. The molecular weight excluding hydrogens is 224 g/mol. The molecule has 0 unspecified atom stereocenters. The molecule has 1 aromatic carbocycles. The topological polar surface area (TPSA) is 52.0 Å². The van der Waals surface area contributed by atoms with E-state index in [0.717, 1.165) is 33.4 Å². The molecule has 0 aliphatic carbocycles. The maximum Gasteiger partial charge on any atom is 0.139 e. The molecule has 0 radical (unpaired) electrons. The van der Waals surface area contributed by atoms with Crippen molar-refractivity contribution in [2.45, 2.75) is 13.8 Å². The zero-order chi connectivity index (χ0) is 12.7. The van der Waals surface area contributed by atoms with Gasteiger partial charge in [0.2, 0.25) is 0 Å². The molecule has 2 N–H and O–H groups in total. The Hall–Kier alpha value is -2.29. The Balaban J connectivity index is 2.30. The second kappa shape index (κ2) is 3.88. The van der Waals surface area contributed by atoms with Gasteiger partial charge in [-0.1, -0.05) is 18.2 Å². The number of aromatic nitrogens is 1. The largest absolute Gasteiger partial charge is 0.456 e. The van der Waals surface area contributed by atoms with Crippen LogP contribution in [0.25, 0.3) is 22.3 Å². The number of hydrogen-bond donors (Lipinski definition) is 1. The Morgan fingerprint density at radius 3 is 2.67 bits per heavy atom. The van der Waals surface area contributed by atoms with Crippen LogP contribution in [-0.2, 0) is 0 Å². The third kappa shape index (κ3) is 1.56. The van der Waals surface area contributed by atoms with Gasteiger partial charge in [-0.3, -0.25) is 0 Å². The highest BCUT2D eigenvalue weighted by Gasteiger charge is 2.13. The Morgan fingerprint density at radius 1 is 1.11 bits per heavy atom. The van der Waals surface area contributed by atoms with Gasteiger partial charge in [0.05, 0.1) is 5.56 Å². The quantitative estimate of drug-likeness (QED) is 0.703. The third-order valence-corrected chi connectivity index (χ3v) is 3.18. The predicted octanol–water partition coefficient (Wildman–Crippen LogP) is 3.69. The van der Waals surface area contributed by atoms with E-state index in [0.29, 0.717) is 5.82 Å². The number of fused-ring (bicyclic) bond motifs is 1. The summed E-state index contributed by atoms with van der Waals surface area (Å²) in [6.45, 7) is 4.04. The SMILES string of the molecule is Cc1ccnc(N)c1-c1cc2cccc(C)c2o1. The lowest BCUT2D eigenvalue weighted by molar-refractivity contribution is 0.628. The van der Waals surface area contributed by atoms with Crippen LogP contribution in [0, 0.1) is 13.8 Å². The molecule has 2 aromatic heterocycles. The molecule has 0 fully saturated rings. The van der Waals surface area contributed by atoms with Crippen molar-refractivity contribution in [1.29, 1.82) is 0 Å². The van der Waals surface area contributed by atoms with Gasteiger partial charge in [-0.2, -0.15) is 0 Å². The molecule has 3 heteroatoms. The summed E-state index contributed by atoms with van der Waals surface area (Å²) in [5.74, 6) is 1.29. The number of nitrogens with zero attached hydrogens (tertiary/aromatic N) is 1. The van der Waals surface area contributed by atoms with Gasteiger partial charge < -0.3 is 10.2 Å². The average Bonchev–Trinajstić information content (AvgIpc) is 2.74. The zero-order valence-corrected chi connectivity index (χ0v) is 10.4. The molecule has 0 aliphatic heterocycles. The smallest absolute Gasteiger partial charge is 0.139 e. The van der Waals surface area contributed by atoms with Crippen molar-refractivity contribution < 1.29 is 4.42 Å². The summed E-state index contributed by atoms with van der Waals surface area (Å²) in [6, 6.07) is 10.1. The van der Waals surface area contributed by atoms with Gasteiger partial charge in [-0.25, -0.2) is 4.98 Å². The maximum absolute atomic E-state index is 5.94. The summed E-state index contributed by atoms with van der Waals surface area (Å²) in [6.07, 6.45) is 1.71. The molecule has 0 amide bonds. The van der Waals surface area contributed by atoms with Crippen LogP contribution in [-0.4, -0.2) is 4.98 Å². The van der Waals surface area contributed by atoms with E-state index in [-0.39, 0.29) is 0 Å². The first-order chi connectivity index (χ1) is 8.66. The summed E-state index contributed by atoms with van der Waals surface area (Å²) in [4.78, 5) is 4.13. The molecule has 0 bridgehead atoms. The standard InChI is InChI=1S/C15H14N2O/c1-9-6-7-17-15(16)13(9)12-8-11-5-3-4-10(2)14(11)18-12/h3-8H,1-2H3,(H2,16,17). The fraction of sp³-hybridized carbons (Fsp3) is 0.133. The first-order valence-electron chi connectivity index (χ1n) is 5.87. The third-order valence-electron chi connectivity index (χ3n) is 3.18. The van der Waals surface area contributed by atoms with Crippen molar-refractivity contribution in [3.63, 3.8) is 0 Å². The predicted molar refractivity (Wildman–Crippen MR) is 73.3 cm³/mol. The van der Waals surface area contributed by atoms with Crippen LogP contribution in [0.5, 0.6) is 0 Å². The highest BCUT2D eigenvalue weighted by molar-refractivity contribution is 5.87. The van der Waals surface area contributed by atoms with E-state index in [2.05, 4.69) is 4.98 Å². The van der Waals surface area contributed by atoms with Crippen LogP contribution in [0.15, 0.2) is 40.9 Å². The molecule has 3 aromatic rings. The summed E-state index contributed by atoms with van der Waals surface area (Å²) in [5, 5.41) is 1.09. The number of furan rings is 1. The van der Waals surface area contributed by atoms with Crippen molar-refractivity contribution >= 4 is 16.8 Å². The second-order valence-electron chi connectivity index (χ2n) is 4.49. The number of aryl methyl sites for hydroxylation is 2. The molecule has 0 atom stereocenters. The Morgan fingerprint density at radius 2 is 1.94 bits per heavy atom. The lowest BCUT2D eigenvalue weighted by atomic mass is 10.1. The van der Waals surface area contributed by atoms with Crippen LogP contribution in [0.4, 0.5) is 5.82 Å². The van der Waals surface area contributed by atoms with Crippen LogP contribution in [0.1, 0.15) is 11.1 Å². The van der Waals surface area contributed by atoms with Crippen LogP contribution in [0.3, 0.4) is 0 Å². The highest BCUT2D eigenvalue weighted by atomic mass is 16.3. The number of benzene rings is 1. The Kier molecular flexibility index (Phi) is 2.33. The first kappa shape index (κ1) is 10.8. The van der Waals surface area contributed by atoms with Gasteiger partial charge >= 0.3 is 0 Å². The zero-order valence-electron chi connectivity index (χ0n) is 10.4. The molecular formula is C15H14N2O. The lowest BCUT2D eigenvalue weighted by Gasteiger charge is -2.04. The maximum atomic E-state index is 5.94. The number of nitrogens with two attached hydrogens (primary N) is 1. The molecule has 18 heavy (non-hydrogen) atoms. The number of anilines is 1. The minimum absolute atomic E-state index is 0.506. The fourth-order valence-corrected chi connectivity index (χ4v) is 2.23. The van der Waals surface area contributed by atoms with Crippen molar-refractivity contribution in [2.24, 2.45) is 0 Å². The number of rotatable bonds is 1. The Labute approximate surface area is 105 Å². The van der Waals surface area contributed by atoms with E-state index in [1.807, 2.05) is 44.2 Å². The molecule has 3 rings (SSSR count). The van der Waals surface area contributed by atoms with Crippen LogP contribution in [0.2, 0.25) is 0 Å². The minimum atomic E-state index is 0.506. The molecule has 0 aliphatic rings. The second-order valence-corrected chi connectivity index (χ2v) is 4.49. The molecule has 0 saturated heterocycles. The first-order valence-corrected chi connectivity index (χ1v) is 5.87.